The van der Waals surface area contributed by atoms with Gasteiger partial charge in [0.1, 0.15) is 0 Å². The van der Waals surface area contributed by atoms with Crippen molar-refractivity contribution in [1.82, 2.24) is 0 Å². The molecule has 3 nitrogen and oxygen atoms in total. The Morgan fingerprint density at radius 2 is 1.63 bits per heavy atom. The minimum atomic E-state index is -1.91. The van der Waals surface area contributed by atoms with Crippen LogP contribution in [0.1, 0.15) is 69.2 Å². The molecule has 6 heteroatoms. The Labute approximate surface area is 192 Å². The van der Waals surface area contributed by atoms with E-state index in [9.17, 15) is 10.2 Å². The zero-order chi connectivity index (χ0) is 22.5. The molecule has 0 aliphatic carbocycles. The molecule has 2 N–H and O–H groups in total. The molecule has 0 amide bonds. The van der Waals surface area contributed by atoms with E-state index in [0.717, 1.165) is 21.6 Å². The van der Waals surface area contributed by atoms with Gasteiger partial charge >= 0.3 is 0 Å². The maximum absolute atomic E-state index is 10.8. The minimum absolute atomic E-state index is 0.0812. The summed E-state index contributed by atoms with van der Waals surface area (Å²) in [5.41, 5.74) is 4.58. The van der Waals surface area contributed by atoms with E-state index >= 15 is 0 Å². The second kappa shape index (κ2) is 11.3. The highest BCUT2D eigenvalue weighted by atomic mass is 35.5. The maximum Gasteiger partial charge on any atom is 0.200 e. The first-order valence-corrected chi connectivity index (χ1v) is 14.3. The Bertz CT molecular complexity index is 782. The molecule has 30 heavy (non-hydrogen) atoms. The highest BCUT2D eigenvalue weighted by Gasteiger charge is 2.45. The number of aliphatic hydroxyl groups is 2. The van der Waals surface area contributed by atoms with Crippen LogP contribution in [-0.4, -0.2) is 25.1 Å². The molecule has 0 saturated carbocycles. The minimum Gasteiger partial charge on any atom is -0.411 e. The average molecular weight is 469 g/mol. The van der Waals surface area contributed by atoms with Crippen LogP contribution < -0.4 is 0 Å². The van der Waals surface area contributed by atoms with Gasteiger partial charge in [-0.3, -0.25) is 0 Å². The predicted octanol–water partition coefficient (Wildman–Crippen LogP) is 6.90. The summed E-state index contributed by atoms with van der Waals surface area (Å²) >= 11 is 7.81. The van der Waals surface area contributed by atoms with Gasteiger partial charge in [0, 0.05) is 22.9 Å². The summed E-state index contributed by atoms with van der Waals surface area (Å²) < 4.78 is 6.70. The Morgan fingerprint density at radius 3 is 2.20 bits per heavy atom. The number of hydrogen-bond donors (Lipinski definition) is 2. The van der Waals surface area contributed by atoms with Gasteiger partial charge in [-0.15, -0.1) is 11.3 Å². The highest BCUT2D eigenvalue weighted by Crippen LogP contribution is 2.43. The molecule has 168 valence electrons. The summed E-state index contributed by atoms with van der Waals surface area (Å²) in [4.78, 5) is 1.16. The zero-order valence-corrected chi connectivity index (χ0v) is 21.7. The number of aliphatic hydroxyl groups excluding tert-OH is 2. The first-order chi connectivity index (χ1) is 14.1. The van der Waals surface area contributed by atoms with Crippen molar-refractivity contribution in [2.24, 2.45) is 0 Å². The maximum atomic E-state index is 10.8. The number of rotatable bonds is 11. The van der Waals surface area contributed by atoms with Crippen molar-refractivity contribution in [2.45, 2.75) is 83.7 Å². The molecule has 0 aliphatic rings. The normalized spacial score (nSPS) is 13.6. The lowest BCUT2D eigenvalue weighted by molar-refractivity contribution is 0.178. The Balaban J connectivity index is 2.12. The SMILES string of the molecule is CC(C)[Si](OCc1cc(C(O)Cc2cc(Cl)ccc2CCO)cs1)(C(C)C)C(C)C. The van der Waals surface area contributed by atoms with Gasteiger partial charge in [-0.2, -0.15) is 0 Å². The second-order valence-electron chi connectivity index (χ2n) is 9.06. The molecular formula is C24H37ClO3SSi. The van der Waals surface area contributed by atoms with Gasteiger partial charge in [-0.05, 0) is 63.3 Å². The van der Waals surface area contributed by atoms with E-state index in [1.807, 2.05) is 23.6 Å². The monoisotopic (exact) mass is 468 g/mol. The second-order valence-corrected chi connectivity index (χ2v) is 16.0. The fourth-order valence-corrected chi connectivity index (χ4v) is 11.4. The third kappa shape index (κ3) is 5.96. The largest absolute Gasteiger partial charge is 0.411 e. The number of benzene rings is 1. The van der Waals surface area contributed by atoms with E-state index < -0.39 is 14.4 Å². The van der Waals surface area contributed by atoms with Crippen molar-refractivity contribution < 1.29 is 14.6 Å². The molecule has 1 aromatic heterocycles. The predicted molar refractivity (Wildman–Crippen MR) is 131 cm³/mol. The lowest BCUT2D eigenvalue weighted by Gasteiger charge is -2.42. The summed E-state index contributed by atoms with van der Waals surface area (Å²) in [6.45, 7) is 14.5. The Hall–Kier alpha value is -0.693. The van der Waals surface area contributed by atoms with Crippen molar-refractivity contribution >= 4 is 31.3 Å². The van der Waals surface area contributed by atoms with Gasteiger partial charge in [0.15, 0.2) is 0 Å². The van der Waals surface area contributed by atoms with Crippen LogP contribution in [0, 0.1) is 0 Å². The van der Waals surface area contributed by atoms with Crippen LogP contribution in [0.3, 0.4) is 0 Å². The molecule has 0 radical (unpaired) electrons. The van der Waals surface area contributed by atoms with Gasteiger partial charge in [0.05, 0.1) is 12.7 Å². The molecular weight excluding hydrogens is 432 g/mol. The number of halogens is 1. The molecule has 0 bridgehead atoms. The van der Waals surface area contributed by atoms with Crippen molar-refractivity contribution in [1.29, 1.82) is 0 Å². The van der Waals surface area contributed by atoms with Crippen molar-refractivity contribution in [2.75, 3.05) is 6.61 Å². The smallest absolute Gasteiger partial charge is 0.200 e. The summed E-state index contributed by atoms with van der Waals surface area (Å²) in [6, 6.07) is 7.73. The lowest BCUT2D eigenvalue weighted by atomic mass is 9.97. The standard InChI is InChI=1S/C24H37ClO3SSi/c1-16(2)30(17(3)4,18(5)6)28-14-23-12-21(15-29-23)24(27)13-20-11-22(25)8-7-19(20)9-10-26/h7-8,11-12,15-18,24,26-27H,9-10,13-14H2,1-6H3. The molecule has 1 heterocycles. The quantitative estimate of drug-likeness (QED) is 0.352. The Morgan fingerprint density at radius 1 is 1.00 bits per heavy atom. The van der Waals surface area contributed by atoms with Crippen LogP contribution in [0.5, 0.6) is 0 Å². The molecule has 1 atom stereocenters. The van der Waals surface area contributed by atoms with Gasteiger partial charge in [0.2, 0.25) is 8.32 Å². The van der Waals surface area contributed by atoms with E-state index in [1.165, 1.54) is 0 Å². The molecule has 1 unspecified atom stereocenters. The highest BCUT2D eigenvalue weighted by molar-refractivity contribution is 7.10. The van der Waals surface area contributed by atoms with Crippen molar-refractivity contribution in [3.63, 3.8) is 0 Å². The fourth-order valence-electron chi connectivity index (χ4n) is 4.82. The van der Waals surface area contributed by atoms with Gasteiger partial charge in [-0.1, -0.05) is 59.2 Å². The van der Waals surface area contributed by atoms with Gasteiger partial charge < -0.3 is 14.6 Å². The van der Waals surface area contributed by atoms with E-state index in [-0.39, 0.29) is 6.61 Å². The van der Waals surface area contributed by atoms with Crippen LogP contribution in [-0.2, 0) is 23.9 Å². The van der Waals surface area contributed by atoms with Crippen LogP contribution in [0.25, 0.3) is 0 Å². The molecule has 0 aliphatic heterocycles. The Kier molecular flexibility index (Phi) is 9.59. The molecule has 2 aromatic rings. The summed E-state index contributed by atoms with van der Waals surface area (Å²) in [6.07, 6.45) is 0.442. The van der Waals surface area contributed by atoms with Gasteiger partial charge in [0.25, 0.3) is 0 Å². The van der Waals surface area contributed by atoms with E-state index in [1.54, 1.807) is 11.3 Å². The van der Waals surface area contributed by atoms with Crippen molar-refractivity contribution in [3.8, 4) is 0 Å². The topological polar surface area (TPSA) is 49.7 Å². The molecule has 1 aromatic carbocycles. The molecule has 0 spiro atoms. The third-order valence-corrected chi connectivity index (χ3v) is 13.4. The first kappa shape index (κ1) is 25.6. The van der Waals surface area contributed by atoms with E-state index in [2.05, 4.69) is 47.6 Å². The number of hydrogen-bond acceptors (Lipinski definition) is 4. The molecule has 0 saturated heterocycles. The summed E-state index contributed by atoms with van der Waals surface area (Å²) in [5.74, 6) is 0. The zero-order valence-electron chi connectivity index (χ0n) is 19.1. The van der Waals surface area contributed by atoms with E-state index in [4.69, 9.17) is 16.0 Å². The fraction of sp³-hybridized carbons (Fsp3) is 0.583. The molecule has 2 rings (SSSR count). The van der Waals surface area contributed by atoms with Crippen LogP contribution in [0.4, 0.5) is 0 Å². The van der Waals surface area contributed by atoms with E-state index in [0.29, 0.717) is 41.1 Å². The first-order valence-electron chi connectivity index (χ1n) is 10.9. The number of thiophene rings is 1. The van der Waals surface area contributed by atoms with Crippen molar-refractivity contribution in [3.05, 3.63) is 56.2 Å². The van der Waals surface area contributed by atoms with Gasteiger partial charge in [-0.25, -0.2) is 0 Å². The summed E-state index contributed by atoms with van der Waals surface area (Å²) in [7, 11) is -1.91. The molecule has 0 fully saturated rings. The van der Waals surface area contributed by atoms with Crippen LogP contribution in [0.15, 0.2) is 29.6 Å². The van der Waals surface area contributed by atoms with Crippen LogP contribution >= 0.6 is 22.9 Å². The third-order valence-electron chi connectivity index (χ3n) is 6.19. The average Bonchev–Trinajstić information content (AvgIpc) is 3.13. The summed E-state index contributed by atoms with van der Waals surface area (Å²) in [5, 5.41) is 22.8. The lowest BCUT2D eigenvalue weighted by Crippen LogP contribution is -2.47. The van der Waals surface area contributed by atoms with Crippen LogP contribution in [0.2, 0.25) is 21.6 Å².